The maximum absolute atomic E-state index is 12.6. The van der Waals surface area contributed by atoms with Crippen molar-refractivity contribution in [3.05, 3.63) is 69.7 Å². The molecule has 0 spiro atoms. The van der Waals surface area contributed by atoms with Crippen LogP contribution in [-0.4, -0.2) is 61.6 Å². The zero-order valence-electron chi connectivity index (χ0n) is 24.9. The van der Waals surface area contributed by atoms with Gasteiger partial charge in [0.2, 0.25) is 42.1 Å². The standard InChI is InChI=1S/C28H32N8O6S4/c1-45(39,40)35-21-10-6-17(7-11-21)14-23(37)29-27-33-31-25(43-27)19-4-3-5-20(16-19)26-32-34-28(44-26)30-24(38)15-18-8-12-22(13-9-18)36-46(2,41)42/h6-13,19-20,35-36H,3-5,14-16H2,1-2H3,(H,29,33,37)(H,30,34,38). The fraction of sp³-hybridized carbons (Fsp3) is 0.357. The van der Waals surface area contributed by atoms with E-state index in [1.807, 2.05) is 0 Å². The Morgan fingerprint density at radius 3 is 1.43 bits per heavy atom. The summed E-state index contributed by atoms with van der Waals surface area (Å²) in [6, 6.07) is 13.2. The molecule has 4 N–H and O–H groups in total. The first-order chi connectivity index (χ1) is 21.8. The molecule has 18 heteroatoms. The van der Waals surface area contributed by atoms with Crippen LogP contribution in [0, 0.1) is 0 Å². The molecule has 2 atom stereocenters. The van der Waals surface area contributed by atoms with E-state index in [9.17, 15) is 26.4 Å². The molecule has 46 heavy (non-hydrogen) atoms. The van der Waals surface area contributed by atoms with Crippen LogP contribution in [0.15, 0.2) is 48.5 Å². The van der Waals surface area contributed by atoms with Crippen LogP contribution < -0.4 is 20.1 Å². The lowest BCUT2D eigenvalue weighted by Gasteiger charge is -2.25. The predicted molar refractivity (Wildman–Crippen MR) is 178 cm³/mol. The van der Waals surface area contributed by atoms with E-state index in [1.54, 1.807) is 48.5 Å². The predicted octanol–water partition coefficient (Wildman–Crippen LogP) is 3.94. The van der Waals surface area contributed by atoms with Crippen molar-refractivity contribution in [1.82, 2.24) is 20.4 Å². The molecule has 1 fully saturated rings. The highest BCUT2D eigenvalue weighted by Crippen LogP contribution is 2.43. The van der Waals surface area contributed by atoms with Crippen LogP contribution in [0.5, 0.6) is 0 Å². The van der Waals surface area contributed by atoms with Crippen molar-refractivity contribution in [1.29, 1.82) is 0 Å². The third-order valence-corrected chi connectivity index (χ3v) is 10.2. The van der Waals surface area contributed by atoms with Gasteiger partial charge in [-0.25, -0.2) is 16.8 Å². The van der Waals surface area contributed by atoms with Gasteiger partial charge in [-0.2, -0.15) is 0 Å². The summed E-state index contributed by atoms with van der Waals surface area (Å²) in [5.74, 6) is -0.201. The molecule has 14 nitrogen and oxygen atoms in total. The number of sulfonamides is 2. The maximum Gasteiger partial charge on any atom is 0.230 e. The molecule has 5 rings (SSSR count). The van der Waals surface area contributed by atoms with Crippen LogP contribution in [0.25, 0.3) is 0 Å². The summed E-state index contributed by atoms with van der Waals surface area (Å²) in [4.78, 5) is 25.2. The Bertz CT molecular complexity index is 1770. The maximum atomic E-state index is 12.6. The quantitative estimate of drug-likeness (QED) is 0.167. The zero-order chi connectivity index (χ0) is 32.9. The number of anilines is 4. The minimum Gasteiger partial charge on any atom is -0.300 e. The second-order valence-corrected chi connectivity index (χ2v) is 16.6. The molecule has 0 radical (unpaired) electrons. The molecule has 1 saturated carbocycles. The first kappa shape index (κ1) is 33.4. The lowest BCUT2D eigenvalue weighted by atomic mass is 9.82. The van der Waals surface area contributed by atoms with Crippen LogP contribution in [-0.2, 0) is 42.5 Å². The molecule has 2 unspecified atom stereocenters. The zero-order valence-corrected chi connectivity index (χ0v) is 28.2. The summed E-state index contributed by atoms with van der Waals surface area (Å²) < 4.78 is 50.3. The molecule has 2 amide bonds. The number of carbonyl (C=O) groups is 2. The van der Waals surface area contributed by atoms with E-state index in [2.05, 4.69) is 40.5 Å². The average Bonchev–Trinajstić information content (AvgIpc) is 3.64. The molecular weight excluding hydrogens is 673 g/mol. The van der Waals surface area contributed by atoms with E-state index < -0.39 is 20.0 Å². The average molecular weight is 705 g/mol. The third kappa shape index (κ3) is 10.0. The van der Waals surface area contributed by atoms with Gasteiger partial charge >= 0.3 is 0 Å². The molecule has 0 bridgehead atoms. The van der Waals surface area contributed by atoms with Crippen molar-refractivity contribution >= 4 is 76.2 Å². The largest absolute Gasteiger partial charge is 0.300 e. The molecule has 4 aromatic rings. The molecule has 1 aliphatic rings. The number of amides is 2. The minimum atomic E-state index is -3.38. The number of nitrogens with zero attached hydrogens (tertiary/aromatic N) is 4. The van der Waals surface area contributed by atoms with Gasteiger partial charge in [0.1, 0.15) is 10.0 Å². The van der Waals surface area contributed by atoms with Gasteiger partial charge in [-0.1, -0.05) is 53.4 Å². The number of carbonyl (C=O) groups excluding carboxylic acids is 2. The van der Waals surface area contributed by atoms with Gasteiger partial charge in [0.05, 0.1) is 25.4 Å². The van der Waals surface area contributed by atoms with E-state index in [0.717, 1.165) is 59.3 Å². The topological polar surface area (TPSA) is 202 Å². The second kappa shape index (κ2) is 14.2. The van der Waals surface area contributed by atoms with E-state index in [4.69, 9.17) is 0 Å². The lowest BCUT2D eigenvalue weighted by molar-refractivity contribution is -0.116. The first-order valence-electron chi connectivity index (χ1n) is 14.2. The van der Waals surface area contributed by atoms with Crippen molar-refractivity contribution in [3.63, 3.8) is 0 Å². The summed E-state index contributed by atoms with van der Waals surface area (Å²) in [6.45, 7) is 0. The number of aromatic nitrogens is 4. The highest BCUT2D eigenvalue weighted by Gasteiger charge is 2.29. The monoisotopic (exact) mass is 704 g/mol. The Morgan fingerprint density at radius 1 is 0.674 bits per heavy atom. The minimum absolute atomic E-state index is 0.102. The smallest absolute Gasteiger partial charge is 0.230 e. The van der Waals surface area contributed by atoms with Crippen molar-refractivity contribution in [2.75, 3.05) is 32.6 Å². The van der Waals surface area contributed by atoms with Gasteiger partial charge in [0, 0.05) is 23.2 Å². The number of hydrogen-bond acceptors (Lipinski definition) is 12. The van der Waals surface area contributed by atoms with Crippen LogP contribution in [0.1, 0.15) is 58.7 Å². The Balaban J connectivity index is 1.11. The van der Waals surface area contributed by atoms with Crippen molar-refractivity contribution in [2.45, 2.75) is 50.4 Å². The molecular formula is C28H32N8O6S4. The van der Waals surface area contributed by atoms with Gasteiger partial charge in [-0.15, -0.1) is 20.4 Å². The number of hydrogen-bond donors (Lipinski definition) is 4. The van der Waals surface area contributed by atoms with Gasteiger partial charge in [-0.05, 0) is 54.7 Å². The summed E-state index contributed by atoms with van der Waals surface area (Å²) in [7, 11) is -6.75. The first-order valence-corrected chi connectivity index (χ1v) is 19.6. The number of benzene rings is 2. The Labute approximate surface area is 274 Å². The highest BCUT2D eigenvalue weighted by molar-refractivity contribution is 7.92. The van der Waals surface area contributed by atoms with E-state index in [0.29, 0.717) is 21.6 Å². The summed E-state index contributed by atoms with van der Waals surface area (Å²) in [5, 5.41) is 25.2. The van der Waals surface area contributed by atoms with Crippen LogP contribution in [0.4, 0.5) is 21.6 Å². The normalized spacial score (nSPS) is 16.8. The fourth-order valence-corrected chi connectivity index (χ4v) is 7.99. The molecule has 2 aromatic carbocycles. The SMILES string of the molecule is CS(=O)(=O)Nc1ccc(CC(=O)Nc2nnc(C3CCCC(c4nnc(NC(=O)Cc5ccc(NS(C)(=O)=O)cc5)s4)C3)s2)cc1. The fourth-order valence-electron chi connectivity index (χ4n) is 5.05. The molecule has 0 aliphatic heterocycles. The van der Waals surface area contributed by atoms with Crippen molar-refractivity contribution in [2.24, 2.45) is 0 Å². The summed E-state index contributed by atoms with van der Waals surface area (Å²) in [5.41, 5.74) is 2.29. The molecule has 2 heterocycles. The Morgan fingerprint density at radius 2 is 1.07 bits per heavy atom. The Kier molecular flexibility index (Phi) is 10.3. The highest BCUT2D eigenvalue weighted by atomic mass is 32.2. The second-order valence-electron chi connectivity index (χ2n) is 11.0. The lowest BCUT2D eigenvalue weighted by Crippen LogP contribution is -2.14. The van der Waals surface area contributed by atoms with Crippen LogP contribution in [0.3, 0.4) is 0 Å². The van der Waals surface area contributed by atoms with E-state index in [1.165, 1.54) is 22.7 Å². The third-order valence-electron chi connectivity index (χ3n) is 6.99. The molecule has 1 aliphatic carbocycles. The van der Waals surface area contributed by atoms with Gasteiger partial charge in [0.25, 0.3) is 0 Å². The number of nitrogens with one attached hydrogen (secondary N) is 4. The van der Waals surface area contributed by atoms with E-state index in [-0.39, 0.29) is 36.5 Å². The number of rotatable bonds is 12. The van der Waals surface area contributed by atoms with Crippen molar-refractivity contribution < 1.29 is 26.4 Å². The molecule has 2 aromatic heterocycles. The van der Waals surface area contributed by atoms with E-state index >= 15 is 0 Å². The van der Waals surface area contributed by atoms with Crippen LogP contribution >= 0.6 is 22.7 Å². The Hall–Kier alpha value is -4.00. The molecule has 244 valence electrons. The summed E-state index contributed by atoms with van der Waals surface area (Å²) in [6.07, 6.45) is 5.99. The summed E-state index contributed by atoms with van der Waals surface area (Å²) >= 11 is 2.70. The van der Waals surface area contributed by atoms with Gasteiger partial charge < -0.3 is 10.6 Å². The molecule has 0 saturated heterocycles. The van der Waals surface area contributed by atoms with Gasteiger partial charge in [0.15, 0.2) is 0 Å². The van der Waals surface area contributed by atoms with Crippen molar-refractivity contribution in [3.8, 4) is 0 Å². The van der Waals surface area contributed by atoms with Crippen LogP contribution in [0.2, 0.25) is 0 Å². The van der Waals surface area contributed by atoms with Gasteiger partial charge in [-0.3, -0.25) is 19.0 Å².